The summed E-state index contributed by atoms with van der Waals surface area (Å²) in [6.07, 6.45) is -5.37. The summed E-state index contributed by atoms with van der Waals surface area (Å²) in [5.41, 5.74) is -0.726. The van der Waals surface area contributed by atoms with E-state index in [4.69, 9.17) is 11.6 Å². The summed E-state index contributed by atoms with van der Waals surface area (Å²) < 4.78 is 40.5. The van der Waals surface area contributed by atoms with Crippen LogP contribution in [0.5, 0.6) is 0 Å². The van der Waals surface area contributed by atoms with Crippen molar-refractivity contribution in [2.24, 2.45) is 0 Å². The molecule has 0 saturated carbocycles. The average Bonchev–Trinajstić information content (AvgIpc) is 3.19. The standard InChI is InChI=1S/C24H29ClF3N5O2/c1-23(2,3)19-12-20(24(26,27)28)30-22(29-19)33-13-17(18(34)14-33)31-8-10-32(11-9-31)21(35)15-4-6-16(25)7-5-15/h4-7,12,17-18,34H,8-11,13-14H2,1-3H3. The summed E-state index contributed by atoms with van der Waals surface area (Å²) in [5, 5.41) is 11.3. The van der Waals surface area contributed by atoms with E-state index in [-0.39, 0.29) is 24.4 Å². The van der Waals surface area contributed by atoms with Gasteiger partial charge in [0.1, 0.15) is 5.69 Å². The predicted octanol–water partition coefficient (Wildman–Crippen LogP) is 3.45. The van der Waals surface area contributed by atoms with Crippen LogP contribution in [-0.4, -0.2) is 82.2 Å². The Morgan fingerprint density at radius 1 is 1.00 bits per heavy atom. The molecule has 11 heteroatoms. The second kappa shape index (κ2) is 9.55. The number of nitrogens with zero attached hydrogens (tertiary/aromatic N) is 5. The molecule has 1 amide bonds. The molecular formula is C24H29ClF3N5O2. The number of hydrogen-bond acceptors (Lipinski definition) is 6. The van der Waals surface area contributed by atoms with Crippen molar-refractivity contribution < 1.29 is 23.1 Å². The van der Waals surface area contributed by atoms with Crippen molar-refractivity contribution in [2.45, 2.75) is 44.5 Å². The number of piperazine rings is 1. The van der Waals surface area contributed by atoms with Gasteiger partial charge in [0.15, 0.2) is 0 Å². The summed E-state index contributed by atoms with van der Waals surface area (Å²) in [4.78, 5) is 26.4. The highest BCUT2D eigenvalue weighted by Gasteiger charge is 2.40. The van der Waals surface area contributed by atoms with Crippen LogP contribution in [0.4, 0.5) is 19.1 Å². The molecule has 1 aromatic heterocycles. The van der Waals surface area contributed by atoms with Crippen molar-refractivity contribution in [1.82, 2.24) is 19.8 Å². The van der Waals surface area contributed by atoms with Gasteiger partial charge in [0.05, 0.1) is 17.8 Å². The Kier molecular flexibility index (Phi) is 7.00. The zero-order valence-corrected chi connectivity index (χ0v) is 20.6. The fourth-order valence-electron chi connectivity index (χ4n) is 4.43. The van der Waals surface area contributed by atoms with Gasteiger partial charge in [0.2, 0.25) is 5.95 Å². The van der Waals surface area contributed by atoms with Gasteiger partial charge in [-0.3, -0.25) is 9.69 Å². The zero-order valence-electron chi connectivity index (χ0n) is 19.9. The van der Waals surface area contributed by atoms with E-state index < -0.39 is 23.4 Å². The number of rotatable bonds is 3. The maximum absolute atomic E-state index is 13.5. The van der Waals surface area contributed by atoms with E-state index in [1.54, 1.807) is 54.8 Å². The molecule has 2 atom stereocenters. The molecule has 0 aliphatic carbocycles. The quantitative estimate of drug-likeness (QED) is 0.680. The van der Waals surface area contributed by atoms with E-state index >= 15 is 0 Å². The number of hydrogen-bond donors (Lipinski definition) is 1. The molecule has 7 nitrogen and oxygen atoms in total. The number of aliphatic hydroxyl groups excluding tert-OH is 1. The molecule has 190 valence electrons. The lowest BCUT2D eigenvalue weighted by Gasteiger charge is -2.38. The third kappa shape index (κ3) is 5.70. The van der Waals surface area contributed by atoms with E-state index in [0.29, 0.717) is 49.0 Å². The maximum atomic E-state index is 13.5. The van der Waals surface area contributed by atoms with E-state index in [9.17, 15) is 23.1 Å². The van der Waals surface area contributed by atoms with Crippen LogP contribution in [-0.2, 0) is 11.6 Å². The first-order valence-corrected chi connectivity index (χ1v) is 11.9. The fourth-order valence-corrected chi connectivity index (χ4v) is 4.55. The summed E-state index contributed by atoms with van der Waals surface area (Å²) in [6, 6.07) is 7.43. The number of halogens is 4. The highest BCUT2D eigenvalue weighted by Crippen LogP contribution is 2.33. The van der Waals surface area contributed by atoms with E-state index in [1.165, 1.54) is 0 Å². The number of β-amino-alcohol motifs (C(OH)–C–C–N with tert-alkyl or cyclic N) is 1. The van der Waals surface area contributed by atoms with Crippen LogP contribution in [0, 0.1) is 0 Å². The fraction of sp³-hybridized carbons (Fsp3) is 0.542. The average molecular weight is 512 g/mol. The maximum Gasteiger partial charge on any atom is 0.433 e. The van der Waals surface area contributed by atoms with Gasteiger partial charge in [-0.1, -0.05) is 32.4 Å². The smallest absolute Gasteiger partial charge is 0.390 e. The molecule has 3 heterocycles. The highest BCUT2D eigenvalue weighted by atomic mass is 35.5. The molecule has 0 radical (unpaired) electrons. The minimum Gasteiger partial charge on any atom is -0.390 e. The van der Waals surface area contributed by atoms with Gasteiger partial charge in [-0.2, -0.15) is 13.2 Å². The van der Waals surface area contributed by atoms with Crippen LogP contribution in [0.15, 0.2) is 30.3 Å². The number of alkyl halides is 3. The topological polar surface area (TPSA) is 72.8 Å². The Labute approximate surface area is 207 Å². The zero-order chi connectivity index (χ0) is 25.5. The second-order valence-electron chi connectivity index (χ2n) is 10.1. The Morgan fingerprint density at radius 3 is 2.17 bits per heavy atom. The molecule has 0 spiro atoms. The first-order chi connectivity index (χ1) is 16.3. The molecule has 2 aliphatic heterocycles. The molecule has 4 rings (SSSR count). The lowest BCUT2D eigenvalue weighted by Crippen LogP contribution is -2.54. The number of amides is 1. The molecule has 1 aromatic carbocycles. The monoisotopic (exact) mass is 511 g/mol. The number of benzene rings is 1. The van der Waals surface area contributed by atoms with Crippen molar-refractivity contribution >= 4 is 23.5 Å². The van der Waals surface area contributed by atoms with Crippen LogP contribution in [0.2, 0.25) is 5.02 Å². The van der Waals surface area contributed by atoms with Gasteiger partial charge in [0, 0.05) is 55.3 Å². The highest BCUT2D eigenvalue weighted by molar-refractivity contribution is 6.30. The Bertz CT molecular complexity index is 1030. The molecule has 2 unspecified atom stereocenters. The second-order valence-corrected chi connectivity index (χ2v) is 10.5. The summed E-state index contributed by atoms with van der Waals surface area (Å²) in [6.45, 7) is 7.90. The number of carbonyl (C=O) groups excluding carboxylic acids is 1. The van der Waals surface area contributed by atoms with Crippen molar-refractivity contribution in [2.75, 3.05) is 44.2 Å². The molecular weight excluding hydrogens is 483 g/mol. The molecule has 2 fully saturated rings. The van der Waals surface area contributed by atoms with Gasteiger partial charge in [0.25, 0.3) is 5.91 Å². The van der Waals surface area contributed by atoms with Crippen LogP contribution in [0.3, 0.4) is 0 Å². The van der Waals surface area contributed by atoms with Crippen molar-refractivity contribution in [3.05, 3.63) is 52.3 Å². The van der Waals surface area contributed by atoms with Crippen LogP contribution in [0.25, 0.3) is 0 Å². The third-order valence-corrected chi connectivity index (χ3v) is 6.73. The Balaban J connectivity index is 1.45. The first-order valence-electron chi connectivity index (χ1n) is 11.5. The minimum absolute atomic E-state index is 0.0251. The van der Waals surface area contributed by atoms with Crippen LogP contribution < -0.4 is 4.90 Å². The third-order valence-electron chi connectivity index (χ3n) is 6.48. The van der Waals surface area contributed by atoms with Crippen molar-refractivity contribution in [1.29, 1.82) is 0 Å². The summed E-state index contributed by atoms with van der Waals surface area (Å²) in [7, 11) is 0. The molecule has 2 aromatic rings. The largest absolute Gasteiger partial charge is 0.433 e. The van der Waals surface area contributed by atoms with Gasteiger partial charge in [-0.15, -0.1) is 0 Å². The molecule has 1 N–H and O–H groups in total. The SMILES string of the molecule is CC(C)(C)c1cc(C(F)(F)F)nc(N2CC(O)C(N3CCN(C(=O)c4ccc(Cl)cc4)CC3)C2)n1. The van der Waals surface area contributed by atoms with Gasteiger partial charge >= 0.3 is 6.18 Å². The van der Waals surface area contributed by atoms with Crippen LogP contribution in [0.1, 0.15) is 42.5 Å². The molecule has 2 aliphatic rings. The van der Waals surface area contributed by atoms with E-state index in [0.717, 1.165) is 6.07 Å². The Hall–Kier alpha value is -2.43. The molecule has 2 saturated heterocycles. The minimum atomic E-state index is -4.59. The predicted molar refractivity (Wildman–Crippen MR) is 127 cm³/mol. The van der Waals surface area contributed by atoms with Crippen molar-refractivity contribution in [3.63, 3.8) is 0 Å². The van der Waals surface area contributed by atoms with Crippen molar-refractivity contribution in [3.8, 4) is 0 Å². The van der Waals surface area contributed by atoms with E-state index in [1.807, 2.05) is 0 Å². The normalized spacial score (nSPS) is 22.1. The molecule has 35 heavy (non-hydrogen) atoms. The number of aromatic nitrogens is 2. The number of anilines is 1. The van der Waals surface area contributed by atoms with Gasteiger partial charge < -0.3 is 14.9 Å². The van der Waals surface area contributed by atoms with E-state index in [2.05, 4.69) is 14.9 Å². The molecule has 0 bridgehead atoms. The number of aliphatic hydroxyl groups is 1. The number of carbonyl (C=O) groups is 1. The first kappa shape index (κ1) is 25.7. The van der Waals surface area contributed by atoms with Crippen LogP contribution >= 0.6 is 11.6 Å². The summed E-state index contributed by atoms with van der Waals surface area (Å²) in [5.74, 6) is -0.107. The summed E-state index contributed by atoms with van der Waals surface area (Å²) >= 11 is 5.90. The van der Waals surface area contributed by atoms with Gasteiger partial charge in [-0.05, 0) is 30.3 Å². The Morgan fingerprint density at radius 2 is 1.60 bits per heavy atom. The lowest BCUT2D eigenvalue weighted by atomic mass is 9.91. The lowest BCUT2D eigenvalue weighted by molar-refractivity contribution is -0.141. The van der Waals surface area contributed by atoms with Gasteiger partial charge in [-0.25, -0.2) is 9.97 Å².